The SMILES string of the molecule is CS(=O)(=O)C1CCCC1N(CCO)CC1CCCN1. The molecule has 6 heteroatoms. The van der Waals surface area contributed by atoms with E-state index in [1.165, 1.54) is 12.7 Å². The van der Waals surface area contributed by atoms with Crippen LogP contribution in [0.1, 0.15) is 32.1 Å². The predicted molar refractivity (Wildman–Crippen MR) is 76.0 cm³/mol. The fraction of sp³-hybridized carbons (Fsp3) is 1.00. The van der Waals surface area contributed by atoms with Crippen LogP contribution in [0.15, 0.2) is 0 Å². The van der Waals surface area contributed by atoms with Gasteiger partial charge in [0.25, 0.3) is 0 Å². The van der Waals surface area contributed by atoms with Gasteiger partial charge in [-0.1, -0.05) is 6.42 Å². The summed E-state index contributed by atoms with van der Waals surface area (Å²) in [5, 5.41) is 12.4. The van der Waals surface area contributed by atoms with Gasteiger partial charge >= 0.3 is 0 Å². The molecule has 19 heavy (non-hydrogen) atoms. The highest BCUT2D eigenvalue weighted by Crippen LogP contribution is 2.29. The molecule has 1 aliphatic carbocycles. The maximum atomic E-state index is 11.9. The molecule has 1 aliphatic heterocycles. The second kappa shape index (κ2) is 6.52. The van der Waals surface area contributed by atoms with E-state index >= 15 is 0 Å². The van der Waals surface area contributed by atoms with E-state index in [2.05, 4.69) is 10.2 Å². The van der Waals surface area contributed by atoms with Gasteiger partial charge in [-0.05, 0) is 32.2 Å². The van der Waals surface area contributed by atoms with E-state index in [0.29, 0.717) is 12.6 Å². The van der Waals surface area contributed by atoms with Crippen LogP contribution in [-0.2, 0) is 9.84 Å². The molecule has 112 valence electrons. The monoisotopic (exact) mass is 290 g/mol. The molecule has 0 amide bonds. The molecule has 0 bridgehead atoms. The first-order valence-corrected chi connectivity index (χ1v) is 9.25. The minimum atomic E-state index is -2.99. The van der Waals surface area contributed by atoms with Gasteiger partial charge in [-0.2, -0.15) is 0 Å². The van der Waals surface area contributed by atoms with Crippen LogP contribution in [0.5, 0.6) is 0 Å². The van der Waals surface area contributed by atoms with Gasteiger partial charge < -0.3 is 10.4 Å². The predicted octanol–water partition coefficient (Wildman–Crippen LogP) is -0.00160. The van der Waals surface area contributed by atoms with E-state index in [-0.39, 0.29) is 17.9 Å². The van der Waals surface area contributed by atoms with Crippen LogP contribution in [-0.4, -0.2) is 68.3 Å². The van der Waals surface area contributed by atoms with E-state index in [1.807, 2.05) is 0 Å². The van der Waals surface area contributed by atoms with Crippen molar-refractivity contribution in [3.05, 3.63) is 0 Å². The number of rotatable bonds is 6. The summed E-state index contributed by atoms with van der Waals surface area (Å²) in [7, 11) is -2.99. The van der Waals surface area contributed by atoms with Crippen LogP contribution in [0.2, 0.25) is 0 Å². The fourth-order valence-electron chi connectivity index (χ4n) is 3.54. The molecule has 0 radical (unpaired) electrons. The molecule has 2 N–H and O–H groups in total. The summed E-state index contributed by atoms with van der Waals surface area (Å²) in [5.74, 6) is 0. The zero-order chi connectivity index (χ0) is 13.9. The lowest BCUT2D eigenvalue weighted by molar-refractivity contribution is 0.142. The van der Waals surface area contributed by atoms with Crippen molar-refractivity contribution < 1.29 is 13.5 Å². The van der Waals surface area contributed by atoms with E-state index in [1.54, 1.807) is 0 Å². The van der Waals surface area contributed by atoms with Crippen LogP contribution in [0.25, 0.3) is 0 Å². The number of nitrogens with zero attached hydrogens (tertiary/aromatic N) is 1. The molecule has 0 aromatic heterocycles. The molecule has 0 spiro atoms. The number of aliphatic hydroxyl groups excluding tert-OH is 1. The third kappa shape index (κ3) is 3.90. The quantitative estimate of drug-likeness (QED) is 0.720. The largest absolute Gasteiger partial charge is 0.395 e. The zero-order valence-electron chi connectivity index (χ0n) is 11.7. The van der Waals surface area contributed by atoms with E-state index < -0.39 is 9.84 Å². The topological polar surface area (TPSA) is 69.6 Å². The number of hydrogen-bond donors (Lipinski definition) is 2. The summed E-state index contributed by atoms with van der Waals surface area (Å²) in [4.78, 5) is 2.20. The van der Waals surface area contributed by atoms with E-state index in [4.69, 9.17) is 0 Å². The average Bonchev–Trinajstić information content (AvgIpc) is 2.98. The van der Waals surface area contributed by atoms with Crippen LogP contribution in [0.3, 0.4) is 0 Å². The molecule has 1 heterocycles. The van der Waals surface area contributed by atoms with Gasteiger partial charge in [-0.3, -0.25) is 4.90 Å². The highest BCUT2D eigenvalue weighted by atomic mass is 32.2. The molecule has 3 atom stereocenters. The van der Waals surface area contributed by atoms with Gasteiger partial charge in [0.1, 0.15) is 0 Å². The summed E-state index contributed by atoms with van der Waals surface area (Å²) in [5.41, 5.74) is 0. The Kier molecular flexibility index (Phi) is 5.22. The zero-order valence-corrected chi connectivity index (χ0v) is 12.5. The minimum absolute atomic E-state index is 0.0875. The Morgan fingerprint density at radius 2 is 2.05 bits per heavy atom. The molecule has 2 fully saturated rings. The van der Waals surface area contributed by atoms with Crippen LogP contribution >= 0.6 is 0 Å². The maximum absolute atomic E-state index is 11.9. The van der Waals surface area contributed by atoms with Gasteiger partial charge in [0, 0.05) is 31.4 Å². The molecular formula is C13H26N2O3S. The summed E-state index contributed by atoms with van der Waals surface area (Å²) in [6.07, 6.45) is 6.37. The maximum Gasteiger partial charge on any atom is 0.151 e. The van der Waals surface area contributed by atoms with E-state index in [9.17, 15) is 13.5 Å². The van der Waals surface area contributed by atoms with Crippen molar-refractivity contribution in [2.45, 2.75) is 49.4 Å². The first-order chi connectivity index (χ1) is 9.02. The number of sulfone groups is 1. The molecule has 5 nitrogen and oxygen atoms in total. The van der Waals surface area contributed by atoms with Crippen molar-refractivity contribution in [2.75, 3.05) is 32.5 Å². The van der Waals surface area contributed by atoms with Crippen molar-refractivity contribution in [2.24, 2.45) is 0 Å². The number of nitrogens with one attached hydrogen (secondary N) is 1. The fourth-order valence-corrected chi connectivity index (χ4v) is 5.01. The number of aliphatic hydroxyl groups is 1. The smallest absolute Gasteiger partial charge is 0.151 e. The molecule has 0 aromatic carbocycles. The van der Waals surface area contributed by atoms with Gasteiger partial charge in [-0.25, -0.2) is 8.42 Å². The normalized spacial score (nSPS) is 32.3. The lowest BCUT2D eigenvalue weighted by Crippen LogP contribution is -2.49. The third-order valence-electron chi connectivity index (χ3n) is 4.44. The van der Waals surface area contributed by atoms with Gasteiger partial charge in [0.15, 0.2) is 9.84 Å². The second-order valence-electron chi connectivity index (χ2n) is 5.88. The summed E-state index contributed by atoms with van der Waals surface area (Å²) < 4.78 is 23.8. The van der Waals surface area contributed by atoms with Crippen LogP contribution in [0.4, 0.5) is 0 Å². The van der Waals surface area contributed by atoms with Gasteiger partial charge in [-0.15, -0.1) is 0 Å². The Bertz CT molecular complexity index is 379. The molecular weight excluding hydrogens is 264 g/mol. The number of hydrogen-bond acceptors (Lipinski definition) is 5. The molecule has 3 unspecified atom stereocenters. The first kappa shape index (κ1) is 15.2. The average molecular weight is 290 g/mol. The van der Waals surface area contributed by atoms with Crippen LogP contribution in [0, 0.1) is 0 Å². The molecule has 2 rings (SSSR count). The van der Waals surface area contributed by atoms with Crippen molar-refractivity contribution in [1.29, 1.82) is 0 Å². The summed E-state index contributed by atoms with van der Waals surface area (Å²) in [6.45, 7) is 2.59. The Labute approximate surface area is 116 Å². The van der Waals surface area contributed by atoms with Gasteiger partial charge in [0.05, 0.1) is 11.9 Å². The van der Waals surface area contributed by atoms with Crippen molar-refractivity contribution in [1.82, 2.24) is 10.2 Å². The summed E-state index contributed by atoms with van der Waals surface area (Å²) >= 11 is 0. The molecule has 2 aliphatic rings. The lowest BCUT2D eigenvalue weighted by atomic mass is 10.1. The second-order valence-corrected chi connectivity index (χ2v) is 8.14. The Hall–Kier alpha value is -0.170. The van der Waals surface area contributed by atoms with Gasteiger partial charge in [0.2, 0.25) is 0 Å². The molecule has 1 saturated heterocycles. The van der Waals surface area contributed by atoms with Crippen molar-refractivity contribution in [3.8, 4) is 0 Å². The molecule has 1 saturated carbocycles. The third-order valence-corrected chi connectivity index (χ3v) is 6.09. The minimum Gasteiger partial charge on any atom is -0.395 e. The van der Waals surface area contributed by atoms with Crippen molar-refractivity contribution in [3.63, 3.8) is 0 Å². The Morgan fingerprint density at radius 3 is 2.63 bits per heavy atom. The Morgan fingerprint density at radius 1 is 1.26 bits per heavy atom. The van der Waals surface area contributed by atoms with Crippen LogP contribution < -0.4 is 5.32 Å². The lowest BCUT2D eigenvalue weighted by Gasteiger charge is -2.33. The van der Waals surface area contributed by atoms with Crippen molar-refractivity contribution >= 4 is 9.84 Å². The molecule has 0 aromatic rings. The summed E-state index contributed by atoms with van der Waals surface area (Å²) in [6, 6.07) is 0.539. The van der Waals surface area contributed by atoms with E-state index in [0.717, 1.165) is 38.8 Å². The standard InChI is InChI=1S/C13H26N2O3S/c1-19(17,18)13-6-2-5-12(13)15(8-9-16)10-11-4-3-7-14-11/h11-14,16H,2-10H2,1H3. The first-order valence-electron chi connectivity index (χ1n) is 7.29. The highest BCUT2D eigenvalue weighted by Gasteiger charge is 2.38. The highest BCUT2D eigenvalue weighted by molar-refractivity contribution is 7.91. The Balaban J connectivity index is 2.04.